The molecule has 0 aromatic heterocycles. The number of hydrogen-bond donors (Lipinski definition) is 1. The number of carboxylic acid groups (broad SMARTS) is 1. The zero-order chi connectivity index (χ0) is 14.0. The lowest BCUT2D eigenvalue weighted by atomic mass is 10.1. The first-order valence-corrected chi connectivity index (χ1v) is 6.19. The van der Waals surface area contributed by atoms with Gasteiger partial charge in [0, 0.05) is 12.6 Å². The fourth-order valence-electron chi connectivity index (χ4n) is 2.06. The highest BCUT2D eigenvalue weighted by molar-refractivity contribution is 5.76. The topological polar surface area (TPSA) is 83.7 Å². The van der Waals surface area contributed by atoms with Crippen LogP contribution in [0.3, 0.4) is 0 Å². The Bertz CT molecular complexity index is 511. The van der Waals surface area contributed by atoms with Crippen molar-refractivity contribution >= 4 is 17.3 Å². The number of rotatable bonds is 6. The molecule has 1 aromatic carbocycles. The lowest BCUT2D eigenvalue weighted by Crippen LogP contribution is -2.32. The molecular formula is C13H16N2O4. The summed E-state index contributed by atoms with van der Waals surface area (Å²) >= 11 is 0. The maximum Gasteiger partial charge on any atom is 0.323 e. The Hall–Kier alpha value is -2.11. The summed E-state index contributed by atoms with van der Waals surface area (Å²) in [5.41, 5.74) is 1.25. The van der Waals surface area contributed by atoms with E-state index in [1.165, 1.54) is 6.07 Å². The maximum absolute atomic E-state index is 11.1. The molecule has 6 nitrogen and oxygen atoms in total. The average Bonchev–Trinajstić information content (AvgIpc) is 3.11. The second kappa shape index (κ2) is 5.26. The van der Waals surface area contributed by atoms with Crippen molar-refractivity contribution in [2.45, 2.75) is 19.8 Å². The lowest BCUT2D eigenvalue weighted by molar-refractivity contribution is -0.384. The van der Waals surface area contributed by atoms with Crippen molar-refractivity contribution in [2.24, 2.45) is 5.92 Å². The molecule has 2 rings (SSSR count). The number of anilines is 1. The van der Waals surface area contributed by atoms with E-state index in [1.54, 1.807) is 17.0 Å². The third-order valence-electron chi connectivity index (χ3n) is 3.17. The smallest absolute Gasteiger partial charge is 0.323 e. The minimum Gasteiger partial charge on any atom is -0.480 e. The van der Waals surface area contributed by atoms with Crippen molar-refractivity contribution in [1.29, 1.82) is 0 Å². The highest BCUT2D eigenvalue weighted by Crippen LogP contribution is 2.35. The number of benzene rings is 1. The van der Waals surface area contributed by atoms with E-state index in [1.807, 2.05) is 6.92 Å². The Morgan fingerprint density at radius 1 is 1.53 bits per heavy atom. The van der Waals surface area contributed by atoms with E-state index in [0.717, 1.165) is 18.4 Å². The summed E-state index contributed by atoms with van der Waals surface area (Å²) in [6.07, 6.45) is 2.13. The molecule has 0 heterocycles. The van der Waals surface area contributed by atoms with E-state index in [9.17, 15) is 14.9 Å². The van der Waals surface area contributed by atoms with Gasteiger partial charge in [0.1, 0.15) is 12.2 Å². The van der Waals surface area contributed by atoms with Gasteiger partial charge in [0.25, 0.3) is 5.69 Å². The molecule has 0 unspecified atom stereocenters. The molecule has 1 aromatic rings. The van der Waals surface area contributed by atoms with Crippen LogP contribution in [0.15, 0.2) is 18.2 Å². The van der Waals surface area contributed by atoms with E-state index in [4.69, 9.17) is 5.11 Å². The lowest BCUT2D eigenvalue weighted by Gasteiger charge is -2.22. The van der Waals surface area contributed by atoms with Crippen LogP contribution in [0.5, 0.6) is 0 Å². The van der Waals surface area contributed by atoms with Gasteiger partial charge in [0.15, 0.2) is 0 Å². The largest absolute Gasteiger partial charge is 0.480 e. The standard InChI is InChI=1S/C13H16N2O4/c1-9-2-5-11(15(18)19)12(6-9)14(8-13(16)17)7-10-3-4-10/h2,5-6,10H,3-4,7-8H2,1H3,(H,16,17). The van der Waals surface area contributed by atoms with Crippen LogP contribution >= 0.6 is 0 Å². The van der Waals surface area contributed by atoms with Gasteiger partial charge in [-0.2, -0.15) is 0 Å². The summed E-state index contributed by atoms with van der Waals surface area (Å²) in [5, 5.41) is 20.0. The highest BCUT2D eigenvalue weighted by atomic mass is 16.6. The quantitative estimate of drug-likeness (QED) is 0.629. The van der Waals surface area contributed by atoms with Gasteiger partial charge in [-0.15, -0.1) is 0 Å². The second-order valence-corrected chi connectivity index (χ2v) is 4.97. The minimum absolute atomic E-state index is 0.0347. The molecule has 102 valence electrons. The molecule has 19 heavy (non-hydrogen) atoms. The fraction of sp³-hybridized carbons (Fsp3) is 0.462. The Morgan fingerprint density at radius 3 is 2.74 bits per heavy atom. The fourth-order valence-corrected chi connectivity index (χ4v) is 2.06. The number of aliphatic carboxylic acids is 1. The van der Waals surface area contributed by atoms with Crippen molar-refractivity contribution in [3.8, 4) is 0 Å². The van der Waals surface area contributed by atoms with E-state index >= 15 is 0 Å². The minimum atomic E-state index is -0.976. The Labute approximate surface area is 110 Å². The van der Waals surface area contributed by atoms with Gasteiger partial charge in [0.05, 0.1) is 4.92 Å². The molecule has 0 radical (unpaired) electrons. The molecule has 0 amide bonds. The zero-order valence-corrected chi connectivity index (χ0v) is 10.7. The van der Waals surface area contributed by atoms with Crippen molar-refractivity contribution in [3.63, 3.8) is 0 Å². The van der Waals surface area contributed by atoms with Crippen LogP contribution in [-0.2, 0) is 4.79 Å². The normalized spacial score (nSPS) is 14.2. The Morgan fingerprint density at radius 2 is 2.21 bits per heavy atom. The summed E-state index contributed by atoms with van der Waals surface area (Å²) in [5.74, 6) is -0.518. The first kappa shape index (κ1) is 13.3. The Balaban J connectivity index is 2.34. The number of nitro benzene ring substituents is 1. The van der Waals surface area contributed by atoms with Gasteiger partial charge in [-0.1, -0.05) is 6.07 Å². The van der Waals surface area contributed by atoms with Crippen LogP contribution in [0.25, 0.3) is 0 Å². The highest BCUT2D eigenvalue weighted by Gasteiger charge is 2.28. The van der Waals surface area contributed by atoms with Gasteiger partial charge < -0.3 is 10.0 Å². The van der Waals surface area contributed by atoms with Gasteiger partial charge in [-0.3, -0.25) is 14.9 Å². The first-order valence-electron chi connectivity index (χ1n) is 6.19. The summed E-state index contributed by atoms with van der Waals surface area (Å²) in [4.78, 5) is 23.1. The second-order valence-electron chi connectivity index (χ2n) is 4.97. The van der Waals surface area contributed by atoms with Gasteiger partial charge in [-0.25, -0.2) is 0 Å². The zero-order valence-electron chi connectivity index (χ0n) is 10.7. The Kier molecular flexibility index (Phi) is 3.69. The molecule has 0 bridgehead atoms. The molecule has 1 N–H and O–H groups in total. The van der Waals surface area contributed by atoms with E-state index in [2.05, 4.69) is 0 Å². The van der Waals surface area contributed by atoms with Crippen LogP contribution in [0.4, 0.5) is 11.4 Å². The van der Waals surface area contributed by atoms with Gasteiger partial charge in [0.2, 0.25) is 0 Å². The number of hydrogen-bond acceptors (Lipinski definition) is 4. The first-order chi connectivity index (χ1) is 8.97. The number of nitro groups is 1. The van der Waals surface area contributed by atoms with Crippen molar-refractivity contribution in [2.75, 3.05) is 18.0 Å². The van der Waals surface area contributed by atoms with Gasteiger partial charge in [-0.05, 0) is 37.3 Å². The average molecular weight is 264 g/mol. The molecule has 1 aliphatic rings. The van der Waals surface area contributed by atoms with Gasteiger partial charge >= 0.3 is 5.97 Å². The van der Waals surface area contributed by atoms with Crippen LogP contribution in [0.2, 0.25) is 0 Å². The summed E-state index contributed by atoms with van der Waals surface area (Å²) < 4.78 is 0. The molecule has 1 fully saturated rings. The molecule has 0 saturated heterocycles. The van der Waals surface area contributed by atoms with Crippen LogP contribution in [-0.4, -0.2) is 29.1 Å². The van der Waals surface area contributed by atoms with Crippen LogP contribution in [0, 0.1) is 23.0 Å². The molecular weight excluding hydrogens is 248 g/mol. The van der Waals surface area contributed by atoms with Crippen molar-refractivity contribution < 1.29 is 14.8 Å². The maximum atomic E-state index is 11.1. The molecule has 0 atom stereocenters. The van der Waals surface area contributed by atoms with E-state index in [0.29, 0.717) is 18.2 Å². The van der Waals surface area contributed by atoms with Crippen LogP contribution < -0.4 is 4.90 Å². The number of nitrogens with zero attached hydrogens (tertiary/aromatic N) is 2. The summed E-state index contributed by atoms with van der Waals surface area (Å²) in [6, 6.07) is 4.79. The third-order valence-corrected chi connectivity index (χ3v) is 3.17. The number of aryl methyl sites for hydroxylation is 1. The van der Waals surface area contributed by atoms with Crippen molar-refractivity contribution in [1.82, 2.24) is 0 Å². The molecule has 0 spiro atoms. The monoisotopic (exact) mass is 264 g/mol. The summed E-state index contributed by atoms with van der Waals surface area (Å²) in [7, 11) is 0. The van der Waals surface area contributed by atoms with E-state index < -0.39 is 10.9 Å². The molecule has 1 aliphatic carbocycles. The number of carboxylic acids is 1. The number of carbonyl (C=O) groups is 1. The predicted molar refractivity (Wildman–Crippen MR) is 70.4 cm³/mol. The van der Waals surface area contributed by atoms with Crippen LogP contribution in [0.1, 0.15) is 18.4 Å². The molecule has 6 heteroatoms. The van der Waals surface area contributed by atoms with Crippen molar-refractivity contribution in [3.05, 3.63) is 33.9 Å². The SMILES string of the molecule is Cc1ccc([N+](=O)[O-])c(N(CC(=O)O)CC2CC2)c1. The molecule has 0 aliphatic heterocycles. The summed E-state index contributed by atoms with van der Waals surface area (Å²) in [6.45, 7) is 2.20. The van der Waals surface area contributed by atoms with E-state index in [-0.39, 0.29) is 12.2 Å². The molecule has 1 saturated carbocycles. The third kappa shape index (κ3) is 3.43. The predicted octanol–water partition coefficient (Wildman–Crippen LogP) is 2.20.